The van der Waals surface area contributed by atoms with E-state index >= 15 is 0 Å². The van der Waals surface area contributed by atoms with Gasteiger partial charge >= 0.3 is 5.97 Å². The number of fused-ring (bicyclic) bond motifs is 1. The molecule has 8 nitrogen and oxygen atoms in total. The van der Waals surface area contributed by atoms with E-state index < -0.39 is 53.6 Å². The lowest BCUT2D eigenvalue weighted by Crippen LogP contribution is -2.57. The summed E-state index contributed by atoms with van der Waals surface area (Å²) in [6.45, 7) is 9.15. The first-order chi connectivity index (χ1) is 19.8. The van der Waals surface area contributed by atoms with Crippen LogP contribution in [0.5, 0.6) is 0 Å². The highest BCUT2D eigenvalue weighted by atomic mass is 35.5. The number of hydrogen-bond acceptors (Lipinski definition) is 6. The van der Waals surface area contributed by atoms with Gasteiger partial charge in [-0.2, -0.15) is 0 Å². The summed E-state index contributed by atoms with van der Waals surface area (Å²) < 4.78 is 12.3. The molecule has 2 aromatic carbocycles. The van der Waals surface area contributed by atoms with E-state index in [9.17, 15) is 19.5 Å². The van der Waals surface area contributed by atoms with Gasteiger partial charge in [-0.25, -0.2) is 0 Å². The molecule has 216 valence electrons. The number of anilines is 1. The third kappa shape index (κ3) is 4.58. The van der Waals surface area contributed by atoms with Crippen molar-refractivity contribution in [2.75, 3.05) is 24.7 Å². The van der Waals surface area contributed by atoms with Gasteiger partial charge in [0.05, 0.1) is 24.2 Å². The average Bonchev–Trinajstić information content (AvgIpc) is 3.60. The summed E-state index contributed by atoms with van der Waals surface area (Å²) in [5.41, 5.74) is -0.971. The van der Waals surface area contributed by atoms with Crippen molar-refractivity contribution < 1.29 is 29.0 Å². The Kier molecular flexibility index (Phi) is 8.10. The number of likely N-dealkylation sites (tertiary alicyclic amines) is 1. The molecule has 1 N–H and O–H groups in total. The van der Waals surface area contributed by atoms with Crippen LogP contribution in [-0.4, -0.2) is 64.8 Å². The Labute approximate surface area is 245 Å². The second-order valence-corrected chi connectivity index (χ2v) is 11.3. The number of benzene rings is 2. The lowest BCUT2D eigenvalue weighted by Gasteiger charge is -2.39. The summed E-state index contributed by atoms with van der Waals surface area (Å²) in [7, 11) is 0. The molecule has 0 aromatic heterocycles. The summed E-state index contributed by atoms with van der Waals surface area (Å²) in [5.74, 6) is -3.18. The number of halogens is 1. The molecule has 2 bridgehead atoms. The van der Waals surface area contributed by atoms with Gasteiger partial charge in [-0.3, -0.25) is 14.4 Å². The molecule has 3 aliphatic rings. The zero-order chi connectivity index (χ0) is 29.4. The van der Waals surface area contributed by atoms with Crippen LogP contribution in [0.4, 0.5) is 5.69 Å². The number of carbonyl (C=O) groups excluding carboxylic acids is 3. The molecule has 3 heterocycles. The number of hydrogen-bond donors (Lipinski definition) is 1. The van der Waals surface area contributed by atoms with Gasteiger partial charge in [0.1, 0.15) is 24.2 Å². The Balaban J connectivity index is 1.67. The van der Waals surface area contributed by atoms with Crippen LogP contribution in [0.2, 0.25) is 5.02 Å². The number of ether oxygens (including phenoxy) is 2. The highest BCUT2D eigenvalue weighted by molar-refractivity contribution is 6.30. The second-order valence-electron chi connectivity index (χ2n) is 10.8. The van der Waals surface area contributed by atoms with Crippen LogP contribution >= 0.6 is 11.6 Å². The molecule has 41 heavy (non-hydrogen) atoms. The number of amides is 2. The molecule has 6 atom stereocenters. The molecule has 0 radical (unpaired) electrons. The van der Waals surface area contributed by atoms with Crippen molar-refractivity contribution in [3.63, 3.8) is 0 Å². The number of rotatable bonds is 11. The molecular formula is C32H35ClN2O6. The van der Waals surface area contributed by atoms with Crippen LogP contribution in [-0.2, 0) is 23.9 Å². The number of esters is 1. The van der Waals surface area contributed by atoms with Crippen molar-refractivity contribution in [3.8, 4) is 0 Å². The average molecular weight is 579 g/mol. The largest absolute Gasteiger partial charge is 0.461 e. The van der Waals surface area contributed by atoms with E-state index in [1.165, 1.54) is 11.0 Å². The summed E-state index contributed by atoms with van der Waals surface area (Å²) in [4.78, 5) is 45.9. The molecule has 2 unspecified atom stereocenters. The molecule has 3 saturated heterocycles. The first-order valence-electron chi connectivity index (χ1n) is 13.9. The van der Waals surface area contributed by atoms with Gasteiger partial charge in [0, 0.05) is 17.3 Å². The highest BCUT2D eigenvalue weighted by Gasteiger charge is 2.79. The van der Waals surface area contributed by atoms with Crippen molar-refractivity contribution in [3.05, 3.63) is 90.5 Å². The Morgan fingerprint density at radius 2 is 1.88 bits per heavy atom. The predicted octanol–water partition coefficient (Wildman–Crippen LogP) is 4.48. The zero-order valence-corrected chi connectivity index (χ0v) is 23.8. The topological polar surface area (TPSA) is 96.4 Å². The number of carbonyl (C=O) groups is 3. The summed E-state index contributed by atoms with van der Waals surface area (Å²) in [5, 5.41) is 11.2. The van der Waals surface area contributed by atoms with Gasteiger partial charge < -0.3 is 24.4 Å². The fourth-order valence-corrected chi connectivity index (χ4v) is 7.24. The van der Waals surface area contributed by atoms with E-state index in [0.717, 1.165) is 0 Å². The van der Waals surface area contributed by atoms with Gasteiger partial charge in [0.15, 0.2) is 0 Å². The smallest absolute Gasteiger partial charge is 0.313 e. The second kappa shape index (κ2) is 11.4. The molecular weight excluding hydrogens is 544 g/mol. The lowest BCUT2D eigenvalue weighted by atomic mass is 9.65. The maximum atomic E-state index is 14.8. The molecule has 3 aliphatic heterocycles. The molecule has 0 saturated carbocycles. The van der Waals surface area contributed by atoms with Crippen molar-refractivity contribution in [1.29, 1.82) is 0 Å². The number of nitrogens with zero attached hydrogens (tertiary/aromatic N) is 2. The van der Waals surface area contributed by atoms with Crippen molar-refractivity contribution in [1.82, 2.24) is 4.90 Å². The van der Waals surface area contributed by atoms with Crippen LogP contribution < -0.4 is 4.90 Å². The van der Waals surface area contributed by atoms with Gasteiger partial charge in [0.2, 0.25) is 5.91 Å². The SMILES string of the molecule is C=CCOC(=O)[C@@H]1[C@H]2C(=O)N([C@H](CO)c3ccccc3)C(C(=O)N(CC=C)c3ccc(Cl)cc3)C23CC[C@@]1(CC)O3. The van der Waals surface area contributed by atoms with E-state index in [1.54, 1.807) is 35.2 Å². The Morgan fingerprint density at radius 1 is 1.17 bits per heavy atom. The van der Waals surface area contributed by atoms with E-state index in [1.807, 2.05) is 37.3 Å². The monoisotopic (exact) mass is 578 g/mol. The summed E-state index contributed by atoms with van der Waals surface area (Å²) >= 11 is 6.13. The van der Waals surface area contributed by atoms with Crippen molar-refractivity contribution in [2.24, 2.45) is 11.8 Å². The highest BCUT2D eigenvalue weighted by Crippen LogP contribution is 2.65. The minimum Gasteiger partial charge on any atom is -0.461 e. The van der Waals surface area contributed by atoms with E-state index in [0.29, 0.717) is 35.5 Å². The summed E-state index contributed by atoms with van der Waals surface area (Å²) in [6, 6.07) is 14.0. The number of aliphatic hydroxyl groups is 1. The Hall–Kier alpha value is -3.46. The molecule has 2 aromatic rings. The molecule has 2 amide bonds. The van der Waals surface area contributed by atoms with Crippen LogP contribution in [0.1, 0.15) is 37.8 Å². The molecule has 5 rings (SSSR count). The first kappa shape index (κ1) is 29.0. The van der Waals surface area contributed by atoms with Crippen LogP contribution in [0, 0.1) is 11.8 Å². The van der Waals surface area contributed by atoms with Crippen LogP contribution in [0.3, 0.4) is 0 Å². The maximum absolute atomic E-state index is 14.8. The normalized spacial score (nSPS) is 28.7. The van der Waals surface area contributed by atoms with Gasteiger partial charge in [-0.15, -0.1) is 6.58 Å². The third-order valence-corrected chi connectivity index (χ3v) is 9.11. The van der Waals surface area contributed by atoms with Crippen molar-refractivity contribution >= 4 is 35.1 Å². The first-order valence-corrected chi connectivity index (χ1v) is 14.3. The fourth-order valence-electron chi connectivity index (χ4n) is 7.11. The van der Waals surface area contributed by atoms with E-state index in [4.69, 9.17) is 21.1 Å². The van der Waals surface area contributed by atoms with Gasteiger partial charge in [-0.05, 0) is 49.1 Å². The van der Waals surface area contributed by atoms with Crippen LogP contribution in [0.25, 0.3) is 0 Å². The standard InChI is InChI=1S/C32H35ClN2O6/c1-4-18-34(23-14-12-22(33)13-15-23)29(38)27-32-17-16-31(6-3,41-32)26(30(39)40-19-5-2)25(32)28(37)35(27)24(20-36)21-10-8-7-9-11-21/h4-5,7-15,24-27,36H,1-2,6,16-20H2,3H3/t24-,25+,26+,27?,31-,32?/m1/s1. The quantitative estimate of drug-likeness (QED) is 0.312. The van der Waals surface area contributed by atoms with E-state index in [2.05, 4.69) is 13.2 Å². The molecule has 3 fully saturated rings. The van der Waals surface area contributed by atoms with E-state index in [-0.39, 0.29) is 19.1 Å². The van der Waals surface area contributed by atoms with Crippen molar-refractivity contribution in [2.45, 2.75) is 49.5 Å². The molecule has 9 heteroatoms. The third-order valence-electron chi connectivity index (χ3n) is 8.86. The zero-order valence-electron chi connectivity index (χ0n) is 23.1. The fraction of sp³-hybridized carbons (Fsp3) is 0.406. The van der Waals surface area contributed by atoms with Crippen LogP contribution in [0.15, 0.2) is 79.9 Å². The Bertz CT molecular complexity index is 1330. The molecule has 0 aliphatic carbocycles. The number of aliphatic hydroxyl groups excluding tert-OH is 1. The molecule has 1 spiro atoms. The minimum atomic E-state index is -1.28. The van der Waals surface area contributed by atoms with Gasteiger partial charge in [0.25, 0.3) is 5.91 Å². The van der Waals surface area contributed by atoms with Gasteiger partial charge in [-0.1, -0.05) is 67.6 Å². The summed E-state index contributed by atoms with van der Waals surface area (Å²) in [6.07, 6.45) is 4.47. The minimum absolute atomic E-state index is 0.00205. The maximum Gasteiger partial charge on any atom is 0.313 e. The Morgan fingerprint density at radius 3 is 2.49 bits per heavy atom. The predicted molar refractivity (Wildman–Crippen MR) is 155 cm³/mol. The lowest BCUT2D eigenvalue weighted by molar-refractivity contribution is -0.161.